The zero-order valence-electron chi connectivity index (χ0n) is 9.81. The second-order valence-electron chi connectivity index (χ2n) is 3.42. The molecule has 0 fully saturated rings. The number of nitrogens with zero attached hydrogens (tertiary/aromatic N) is 1. The standard InChI is InChI=1S/C12H16N2O3/c1-2-17-12(16)14-8-4-6-11(15)10-5-3-7-13-9-10/h3,5,7,9H,2,4,6,8H2,1H3,(H,14,16). The lowest BCUT2D eigenvalue weighted by Crippen LogP contribution is -2.25. The van der Waals surface area contributed by atoms with Crippen LogP contribution in [-0.2, 0) is 4.74 Å². The Bertz CT molecular complexity index is 365. The summed E-state index contributed by atoms with van der Waals surface area (Å²) in [5.41, 5.74) is 0.601. The Morgan fingerprint density at radius 1 is 1.47 bits per heavy atom. The van der Waals surface area contributed by atoms with Crippen molar-refractivity contribution in [3.63, 3.8) is 0 Å². The molecule has 5 heteroatoms. The number of ketones is 1. The smallest absolute Gasteiger partial charge is 0.407 e. The van der Waals surface area contributed by atoms with Crippen molar-refractivity contribution in [2.75, 3.05) is 13.2 Å². The Morgan fingerprint density at radius 3 is 2.94 bits per heavy atom. The molecule has 1 amide bonds. The number of pyridine rings is 1. The van der Waals surface area contributed by atoms with Crippen LogP contribution in [0.25, 0.3) is 0 Å². The summed E-state index contributed by atoms with van der Waals surface area (Å²) in [6.45, 7) is 2.52. The lowest BCUT2D eigenvalue weighted by atomic mass is 10.1. The molecule has 0 aliphatic rings. The van der Waals surface area contributed by atoms with Crippen LogP contribution in [0.4, 0.5) is 4.79 Å². The van der Waals surface area contributed by atoms with E-state index in [0.29, 0.717) is 31.6 Å². The molecular formula is C12H16N2O3. The predicted octanol–water partition coefficient (Wildman–Crippen LogP) is 1.79. The minimum atomic E-state index is -0.443. The van der Waals surface area contributed by atoms with E-state index in [4.69, 9.17) is 0 Å². The maximum Gasteiger partial charge on any atom is 0.407 e. The number of carbonyl (C=O) groups is 2. The monoisotopic (exact) mass is 236 g/mol. The molecule has 0 radical (unpaired) electrons. The summed E-state index contributed by atoms with van der Waals surface area (Å²) in [7, 11) is 0. The fourth-order valence-corrected chi connectivity index (χ4v) is 1.29. The lowest BCUT2D eigenvalue weighted by Gasteiger charge is -2.04. The molecule has 0 aromatic carbocycles. The highest BCUT2D eigenvalue weighted by Crippen LogP contribution is 2.02. The molecule has 0 bridgehead atoms. The van der Waals surface area contributed by atoms with Crippen molar-refractivity contribution in [2.45, 2.75) is 19.8 Å². The first-order valence-corrected chi connectivity index (χ1v) is 5.58. The van der Waals surface area contributed by atoms with Gasteiger partial charge in [-0.1, -0.05) is 0 Å². The van der Waals surface area contributed by atoms with Crippen molar-refractivity contribution in [1.29, 1.82) is 0 Å². The molecule has 0 saturated carbocycles. The summed E-state index contributed by atoms with van der Waals surface area (Å²) in [5.74, 6) is 0.0313. The van der Waals surface area contributed by atoms with Crippen LogP contribution in [-0.4, -0.2) is 30.0 Å². The summed E-state index contributed by atoms with van der Waals surface area (Å²) < 4.78 is 4.69. The minimum absolute atomic E-state index is 0.0313. The predicted molar refractivity (Wildman–Crippen MR) is 62.8 cm³/mol. The van der Waals surface area contributed by atoms with Crippen LogP contribution in [0.2, 0.25) is 0 Å². The third-order valence-corrected chi connectivity index (χ3v) is 2.11. The second kappa shape index (κ2) is 7.38. The lowest BCUT2D eigenvalue weighted by molar-refractivity contribution is 0.0978. The van der Waals surface area contributed by atoms with E-state index in [1.165, 1.54) is 0 Å². The first-order chi connectivity index (χ1) is 8.24. The van der Waals surface area contributed by atoms with Crippen LogP contribution in [0, 0.1) is 0 Å². The van der Waals surface area contributed by atoms with Crippen LogP contribution in [0.3, 0.4) is 0 Å². The number of rotatable bonds is 6. The van der Waals surface area contributed by atoms with Crippen molar-refractivity contribution >= 4 is 11.9 Å². The maximum atomic E-state index is 11.6. The topological polar surface area (TPSA) is 68.3 Å². The highest BCUT2D eigenvalue weighted by atomic mass is 16.5. The molecular weight excluding hydrogens is 220 g/mol. The number of hydrogen-bond acceptors (Lipinski definition) is 4. The van der Waals surface area contributed by atoms with Gasteiger partial charge in [0.25, 0.3) is 0 Å². The van der Waals surface area contributed by atoms with Gasteiger partial charge in [0.1, 0.15) is 0 Å². The molecule has 92 valence electrons. The van der Waals surface area contributed by atoms with Gasteiger partial charge in [-0.25, -0.2) is 4.79 Å². The molecule has 0 aliphatic carbocycles. The zero-order chi connectivity index (χ0) is 12.5. The quantitative estimate of drug-likeness (QED) is 0.604. The third-order valence-electron chi connectivity index (χ3n) is 2.11. The van der Waals surface area contributed by atoms with Crippen LogP contribution >= 0.6 is 0 Å². The molecule has 0 aliphatic heterocycles. The molecule has 1 aromatic rings. The van der Waals surface area contributed by atoms with E-state index >= 15 is 0 Å². The molecule has 17 heavy (non-hydrogen) atoms. The molecule has 1 heterocycles. The van der Waals surface area contributed by atoms with E-state index in [1.807, 2.05) is 0 Å². The van der Waals surface area contributed by atoms with Crippen molar-refractivity contribution in [3.05, 3.63) is 30.1 Å². The van der Waals surface area contributed by atoms with Crippen LogP contribution < -0.4 is 5.32 Å². The Labute approximate surface area is 100 Å². The van der Waals surface area contributed by atoms with Crippen LogP contribution in [0.1, 0.15) is 30.1 Å². The van der Waals surface area contributed by atoms with Crippen molar-refractivity contribution in [2.24, 2.45) is 0 Å². The third kappa shape index (κ3) is 5.10. The van der Waals surface area contributed by atoms with Gasteiger partial charge in [-0.15, -0.1) is 0 Å². The highest BCUT2D eigenvalue weighted by molar-refractivity contribution is 5.95. The van der Waals surface area contributed by atoms with Gasteiger partial charge < -0.3 is 10.1 Å². The van der Waals surface area contributed by atoms with Crippen LogP contribution in [0.5, 0.6) is 0 Å². The number of alkyl carbamates (subject to hydrolysis) is 1. The van der Waals surface area contributed by atoms with Crippen molar-refractivity contribution in [3.8, 4) is 0 Å². The first-order valence-electron chi connectivity index (χ1n) is 5.58. The summed E-state index contributed by atoms with van der Waals surface area (Å²) >= 11 is 0. The van der Waals surface area contributed by atoms with Crippen molar-refractivity contribution in [1.82, 2.24) is 10.3 Å². The van der Waals surface area contributed by atoms with E-state index in [2.05, 4.69) is 15.0 Å². The SMILES string of the molecule is CCOC(=O)NCCCC(=O)c1cccnc1. The number of aromatic nitrogens is 1. The first kappa shape index (κ1) is 13.2. The summed E-state index contributed by atoms with van der Waals surface area (Å²) in [5, 5.41) is 2.56. The number of Topliss-reactive ketones (excluding diaryl/α,β-unsaturated/α-hetero) is 1. The Hall–Kier alpha value is -1.91. The fraction of sp³-hybridized carbons (Fsp3) is 0.417. The van der Waals surface area contributed by atoms with E-state index in [9.17, 15) is 9.59 Å². The number of amides is 1. The highest BCUT2D eigenvalue weighted by Gasteiger charge is 2.05. The van der Waals surface area contributed by atoms with Crippen LogP contribution in [0.15, 0.2) is 24.5 Å². The maximum absolute atomic E-state index is 11.6. The minimum Gasteiger partial charge on any atom is -0.450 e. The van der Waals surface area contributed by atoms with E-state index in [1.54, 1.807) is 31.5 Å². The molecule has 0 atom stereocenters. The van der Waals surface area contributed by atoms with Gasteiger partial charge in [0.15, 0.2) is 5.78 Å². The fourth-order valence-electron chi connectivity index (χ4n) is 1.29. The second-order valence-corrected chi connectivity index (χ2v) is 3.42. The van der Waals surface area contributed by atoms with E-state index in [0.717, 1.165) is 0 Å². The van der Waals surface area contributed by atoms with E-state index < -0.39 is 6.09 Å². The summed E-state index contributed by atoms with van der Waals surface area (Å²) in [6, 6.07) is 3.46. The molecule has 1 rings (SSSR count). The average Bonchev–Trinajstić information content (AvgIpc) is 2.36. The summed E-state index contributed by atoms with van der Waals surface area (Å²) in [6.07, 6.45) is 3.70. The Morgan fingerprint density at radius 2 is 2.29 bits per heavy atom. The van der Waals surface area contributed by atoms with Gasteiger partial charge in [-0.2, -0.15) is 0 Å². The van der Waals surface area contributed by atoms with Gasteiger partial charge in [-0.3, -0.25) is 9.78 Å². The number of carbonyl (C=O) groups excluding carboxylic acids is 2. The molecule has 1 aromatic heterocycles. The van der Waals surface area contributed by atoms with Gasteiger partial charge >= 0.3 is 6.09 Å². The normalized spacial score (nSPS) is 9.71. The number of nitrogens with one attached hydrogen (secondary N) is 1. The van der Waals surface area contributed by atoms with Gasteiger partial charge in [0, 0.05) is 30.9 Å². The van der Waals surface area contributed by atoms with Crippen molar-refractivity contribution < 1.29 is 14.3 Å². The number of hydrogen-bond donors (Lipinski definition) is 1. The molecule has 1 N–H and O–H groups in total. The van der Waals surface area contributed by atoms with Gasteiger partial charge in [0.2, 0.25) is 0 Å². The Kier molecular flexibility index (Phi) is 5.71. The molecule has 0 spiro atoms. The van der Waals surface area contributed by atoms with Gasteiger partial charge in [-0.05, 0) is 25.5 Å². The van der Waals surface area contributed by atoms with E-state index in [-0.39, 0.29) is 5.78 Å². The number of ether oxygens (including phenoxy) is 1. The largest absolute Gasteiger partial charge is 0.450 e. The average molecular weight is 236 g/mol. The molecule has 0 saturated heterocycles. The van der Waals surface area contributed by atoms with Gasteiger partial charge in [0.05, 0.1) is 6.61 Å². The summed E-state index contributed by atoms with van der Waals surface area (Å²) in [4.78, 5) is 26.4. The zero-order valence-corrected chi connectivity index (χ0v) is 9.81. The molecule has 0 unspecified atom stereocenters. The Balaban J connectivity index is 2.19. The molecule has 5 nitrogen and oxygen atoms in total.